The number of anilines is 1. The van der Waals surface area contributed by atoms with E-state index in [-0.39, 0.29) is 11.9 Å². The molecule has 7 heteroatoms. The number of esters is 1. The number of carbonyl (C=O) groups excluding carboxylic acids is 1. The van der Waals surface area contributed by atoms with Gasteiger partial charge in [-0.15, -0.1) is 0 Å². The van der Waals surface area contributed by atoms with Gasteiger partial charge in [-0.05, 0) is 48.7 Å². The number of halogens is 2. The molecule has 2 heterocycles. The smallest absolute Gasteiger partial charge is 0.330 e. The highest BCUT2D eigenvalue weighted by atomic mass is 35.5. The predicted molar refractivity (Wildman–Crippen MR) is 109 cm³/mol. The Balaban J connectivity index is 1.54. The van der Waals surface area contributed by atoms with E-state index < -0.39 is 5.97 Å². The van der Waals surface area contributed by atoms with Gasteiger partial charge >= 0.3 is 5.97 Å². The summed E-state index contributed by atoms with van der Waals surface area (Å²) in [5.41, 5.74) is 1.82. The maximum atomic E-state index is 13.0. The van der Waals surface area contributed by atoms with Crippen LogP contribution in [-0.2, 0) is 16.1 Å². The van der Waals surface area contributed by atoms with Crippen LogP contribution in [-0.4, -0.2) is 41.6 Å². The first-order valence-electron chi connectivity index (χ1n) is 9.27. The summed E-state index contributed by atoms with van der Waals surface area (Å²) in [6, 6.07) is 8.61. The fourth-order valence-corrected chi connectivity index (χ4v) is 3.37. The van der Waals surface area contributed by atoms with E-state index >= 15 is 0 Å². The lowest BCUT2D eigenvalue weighted by molar-refractivity contribution is -0.137. The zero-order valence-electron chi connectivity index (χ0n) is 15.7. The highest BCUT2D eigenvalue weighted by Crippen LogP contribution is 2.24. The van der Waals surface area contributed by atoms with Gasteiger partial charge in [0.2, 0.25) is 0 Å². The number of nitrogens with one attached hydrogen (secondary N) is 1. The molecule has 3 rings (SSSR count). The Hall–Kier alpha value is -2.44. The van der Waals surface area contributed by atoms with Crippen molar-refractivity contribution in [2.45, 2.75) is 25.9 Å². The number of rotatable bonds is 7. The maximum Gasteiger partial charge on any atom is 0.330 e. The van der Waals surface area contributed by atoms with Crippen molar-refractivity contribution in [3.8, 4) is 0 Å². The molecule has 1 aliphatic heterocycles. The number of likely N-dealkylation sites (tertiary alicyclic amines) is 1. The molecular weight excluding hydrogens is 381 g/mol. The molecule has 0 spiro atoms. The van der Waals surface area contributed by atoms with Gasteiger partial charge in [0.1, 0.15) is 11.6 Å². The number of aromatic nitrogens is 1. The van der Waals surface area contributed by atoms with Crippen LogP contribution < -0.4 is 5.32 Å². The molecule has 1 saturated heterocycles. The first-order valence-corrected chi connectivity index (χ1v) is 9.65. The van der Waals surface area contributed by atoms with Crippen LogP contribution in [0.3, 0.4) is 0 Å². The molecule has 0 radical (unpaired) electrons. The average Bonchev–Trinajstić information content (AvgIpc) is 3.11. The van der Waals surface area contributed by atoms with Gasteiger partial charge in [-0.2, -0.15) is 0 Å². The molecule has 1 aromatic heterocycles. The van der Waals surface area contributed by atoms with Gasteiger partial charge in [-0.1, -0.05) is 23.7 Å². The molecule has 28 heavy (non-hydrogen) atoms. The van der Waals surface area contributed by atoms with Crippen molar-refractivity contribution in [1.29, 1.82) is 0 Å². The van der Waals surface area contributed by atoms with Crippen molar-refractivity contribution in [2.75, 3.05) is 25.0 Å². The normalized spacial score (nSPS) is 17.2. The fourth-order valence-electron chi connectivity index (χ4n) is 3.14. The van der Waals surface area contributed by atoms with Crippen LogP contribution in [0.15, 0.2) is 42.6 Å². The SMILES string of the molecule is CCOC(=O)/C=C/c1cnc(N[C@@H]2CCN(Cc3ccc(F)cc3)C2)c(Cl)c1. The molecule has 0 unspecified atom stereocenters. The van der Waals surface area contributed by atoms with Crippen LogP contribution in [0, 0.1) is 5.82 Å². The number of hydrogen-bond donors (Lipinski definition) is 1. The lowest BCUT2D eigenvalue weighted by Crippen LogP contribution is -2.26. The van der Waals surface area contributed by atoms with Crippen LogP contribution >= 0.6 is 11.6 Å². The largest absolute Gasteiger partial charge is 0.463 e. The zero-order chi connectivity index (χ0) is 19.9. The molecule has 2 aromatic rings. The Morgan fingerprint density at radius 1 is 1.43 bits per heavy atom. The summed E-state index contributed by atoms with van der Waals surface area (Å²) in [7, 11) is 0. The standard InChI is InChI=1S/C21H23ClFN3O2/c1-2-28-20(27)8-5-16-11-19(22)21(24-12-16)25-18-9-10-26(14-18)13-15-3-6-17(23)7-4-15/h3-8,11-12,18H,2,9-10,13-14H2,1H3,(H,24,25)/b8-5+/t18-/m1/s1. The Labute approximate surface area is 169 Å². The van der Waals surface area contributed by atoms with E-state index in [2.05, 4.69) is 15.2 Å². The molecule has 1 atom stereocenters. The van der Waals surface area contributed by atoms with Gasteiger partial charge in [0.15, 0.2) is 0 Å². The quantitative estimate of drug-likeness (QED) is 0.556. The van der Waals surface area contributed by atoms with Crippen molar-refractivity contribution >= 4 is 29.5 Å². The third-order valence-electron chi connectivity index (χ3n) is 4.49. The molecular formula is C21H23ClFN3O2. The fraction of sp³-hybridized carbons (Fsp3) is 0.333. The van der Waals surface area contributed by atoms with Crippen molar-refractivity contribution in [1.82, 2.24) is 9.88 Å². The summed E-state index contributed by atoms with van der Waals surface area (Å²) in [5.74, 6) is 0.0163. The molecule has 5 nitrogen and oxygen atoms in total. The zero-order valence-corrected chi connectivity index (χ0v) is 16.5. The van der Waals surface area contributed by atoms with Crippen LogP contribution in [0.1, 0.15) is 24.5 Å². The second kappa shape index (κ2) is 9.66. The number of hydrogen-bond acceptors (Lipinski definition) is 5. The topological polar surface area (TPSA) is 54.5 Å². The van der Waals surface area contributed by atoms with E-state index in [4.69, 9.17) is 16.3 Å². The number of ether oxygens (including phenoxy) is 1. The number of benzene rings is 1. The Morgan fingerprint density at radius 2 is 2.21 bits per heavy atom. The van der Waals surface area contributed by atoms with Crippen molar-refractivity contribution in [3.63, 3.8) is 0 Å². The molecule has 1 aliphatic rings. The van der Waals surface area contributed by atoms with Gasteiger partial charge < -0.3 is 10.1 Å². The van der Waals surface area contributed by atoms with Crippen molar-refractivity contribution < 1.29 is 13.9 Å². The Bertz CT molecular complexity index is 842. The van der Waals surface area contributed by atoms with Crippen LogP contribution in [0.5, 0.6) is 0 Å². The molecule has 148 valence electrons. The van der Waals surface area contributed by atoms with Crippen molar-refractivity contribution in [3.05, 3.63) is 64.6 Å². The summed E-state index contributed by atoms with van der Waals surface area (Å²) >= 11 is 6.34. The van der Waals surface area contributed by atoms with Crippen molar-refractivity contribution in [2.24, 2.45) is 0 Å². The summed E-state index contributed by atoms with van der Waals surface area (Å²) in [5, 5.41) is 3.89. The third-order valence-corrected chi connectivity index (χ3v) is 4.78. The summed E-state index contributed by atoms with van der Waals surface area (Å²) in [6.07, 6.45) is 5.62. The van der Waals surface area contributed by atoms with Gasteiger partial charge in [-0.25, -0.2) is 14.2 Å². The van der Waals surface area contributed by atoms with Gasteiger partial charge in [0, 0.05) is 37.9 Å². The van der Waals surface area contributed by atoms with Gasteiger partial charge in [-0.3, -0.25) is 4.90 Å². The monoisotopic (exact) mass is 403 g/mol. The summed E-state index contributed by atoms with van der Waals surface area (Å²) in [6.45, 7) is 4.70. The van der Waals surface area contributed by atoms with E-state index in [1.165, 1.54) is 18.2 Å². The lowest BCUT2D eigenvalue weighted by Gasteiger charge is -2.17. The lowest BCUT2D eigenvalue weighted by atomic mass is 10.2. The number of pyridine rings is 1. The highest BCUT2D eigenvalue weighted by Gasteiger charge is 2.23. The molecule has 0 bridgehead atoms. The second-order valence-electron chi connectivity index (χ2n) is 6.68. The third kappa shape index (κ3) is 5.78. The van der Waals surface area contributed by atoms with E-state index in [9.17, 15) is 9.18 Å². The second-order valence-corrected chi connectivity index (χ2v) is 7.08. The molecule has 0 amide bonds. The molecule has 0 saturated carbocycles. The molecule has 1 fully saturated rings. The van der Waals surface area contributed by atoms with E-state index in [1.54, 1.807) is 25.3 Å². The van der Waals surface area contributed by atoms with Crippen LogP contribution in [0.25, 0.3) is 6.08 Å². The molecule has 0 aliphatic carbocycles. The van der Waals surface area contributed by atoms with E-state index in [0.29, 0.717) is 17.4 Å². The predicted octanol–water partition coefficient (Wildman–Crippen LogP) is 4.14. The first-order chi connectivity index (χ1) is 13.5. The minimum atomic E-state index is -0.395. The first kappa shape index (κ1) is 20.3. The van der Waals surface area contributed by atoms with Crippen LogP contribution in [0.4, 0.5) is 10.2 Å². The van der Waals surface area contributed by atoms with Crippen LogP contribution in [0.2, 0.25) is 5.02 Å². The summed E-state index contributed by atoms with van der Waals surface area (Å²) in [4.78, 5) is 18.1. The molecule has 1 N–H and O–H groups in total. The number of carbonyl (C=O) groups is 1. The molecule has 1 aromatic carbocycles. The van der Waals surface area contributed by atoms with E-state index in [1.807, 2.05) is 12.1 Å². The Morgan fingerprint density at radius 3 is 2.93 bits per heavy atom. The maximum absolute atomic E-state index is 13.0. The Kier molecular flexibility index (Phi) is 7.01. The van der Waals surface area contributed by atoms with E-state index in [0.717, 1.165) is 37.2 Å². The highest BCUT2D eigenvalue weighted by molar-refractivity contribution is 6.33. The minimum Gasteiger partial charge on any atom is -0.463 e. The van der Waals surface area contributed by atoms with Gasteiger partial charge in [0.05, 0.1) is 11.6 Å². The minimum absolute atomic E-state index is 0.217. The van der Waals surface area contributed by atoms with Gasteiger partial charge in [0.25, 0.3) is 0 Å². The summed E-state index contributed by atoms with van der Waals surface area (Å²) < 4.78 is 17.9. The number of nitrogens with zero attached hydrogens (tertiary/aromatic N) is 2. The average molecular weight is 404 g/mol.